The molecule has 3 heterocycles. The summed E-state index contributed by atoms with van der Waals surface area (Å²) in [7, 11) is 2.58. The number of benzene rings is 1. The third-order valence-corrected chi connectivity index (χ3v) is 26.3. The maximum Gasteiger partial charge on any atom is 0.341 e. The molecule has 10 aliphatic rings. The van der Waals surface area contributed by atoms with Gasteiger partial charge in [-0.25, -0.2) is 9.59 Å². The lowest BCUT2D eigenvalue weighted by Crippen LogP contribution is -2.73. The van der Waals surface area contributed by atoms with E-state index in [1.807, 2.05) is 0 Å². The molecule has 1 aromatic carbocycles. The van der Waals surface area contributed by atoms with Crippen molar-refractivity contribution in [2.75, 3.05) is 27.4 Å². The van der Waals surface area contributed by atoms with Gasteiger partial charge in [0.25, 0.3) is 0 Å². The van der Waals surface area contributed by atoms with E-state index in [9.17, 15) is 54.9 Å². The molecule has 0 aromatic heterocycles. The Kier molecular flexibility index (Phi) is 13.4. The van der Waals surface area contributed by atoms with Crippen molar-refractivity contribution in [3.05, 3.63) is 28.8 Å². The predicted molar refractivity (Wildman–Crippen MR) is 279 cm³/mol. The van der Waals surface area contributed by atoms with E-state index in [4.69, 9.17) is 28.4 Å². The molecule has 7 N–H and O–H groups in total. The number of esters is 2. The number of aliphatic carboxylic acids is 2. The SMILES string of the molecule is COC(=O)CC[C@]1(O)OC(=O)c2c1ccc1c2C[C@@H]2[C@](CO)(CC[C@@H]3[C@@]2(C)CC[C@@H]2[C@]4(C)CC[C@@H]5[C@]6(C)CC[C@H]7[C@@](C)(C(=O)O)[C@H](O[C@@H]8O[C@H](C(=O)O)[C@@H](O)[C@H](O)[C@H]8OC)C[C@@H](C)[C@]7(C)[C@H]6C[C@@H](C)[C@]5(C)[C@@H]4CC[C@]32CO)O1. The zero-order valence-corrected chi connectivity index (χ0v) is 47.5. The van der Waals surface area contributed by atoms with Crippen LogP contribution in [0.4, 0.5) is 0 Å². The van der Waals surface area contributed by atoms with Crippen LogP contribution in [0.15, 0.2) is 12.1 Å². The Morgan fingerprint density at radius 2 is 1.28 bits per heavy atom. The summed E-state index contributed by atoms with van der Waals surface area (Å²) in [6.07, 6.45) is 1.22. The van der Waals surface area contributed by atoms with Gasteiger partial charge in [-0.1, -0.05) is 48.5 Å². The van der Waals surface area contributed by atoms with Crippen LogP contribution in [-0.2, 0) is 50.3 Å². The Balaban J connectivity index is 0.875. The van der Waals surface area contributed by atoms with E-state index in [2.05, 4.69) is 48.5 Å². The van der Waals surface area contributed by atoms with Crippen molar-refractivity contribution in [1.82, 2.24) is 0 Å². The second kappa shape index (κ2) is 18.5. The summed E-state index contributed by atoms with van der Waals surface area (Å²) in [6, 6.07) is 3.40. The number of carbonyl (C=O) groups excluding carboxylic acids is 2. The first-order valence-corrected chi connectivity index (χ1v) is 29.4. The highest BCUT2D eigenvalue weighted by Crippen LogP contribution is 2.81. The number of cyclic esters (lactones) is 1. The molecule has 17 heteroatoms. The lowest BCUT2D eigenvalue weighted by molar-refractivity contribution is -0.335. The molecular weight excluding hydrogens is 1000 g/mol. The topological polar surface area (TPSA) is 265 Å². The van der Waals surface area contributed by atoms with Crippen LogP contribution in [-0.4, -0.2) is 129 Å². The molecule has 0 spiro atoms. The molecular formula is C61H88O17. The molecule has 24 atom stereocenters. The van der Waals surface area contributed by atoms with Crippen LogP contribution in [0, 0.1) is 91.2 Å². The van der Waals surface area contributed by atoms with Crippen molar-refractivity contribution in [1.29, 1.82) is 0 Å². The van der Waals surface area contributed by atoms with Gasteiger partial charge < -0.3 is 64.2 Å². The van der Waals surface area contributed by atoms with E-state index in [1.54, 1.807) is 19.1 Å². The molecule has 0 radical (unpaired) electrons. The van der Waals surface area contributed by atoms with Crippen LogP contribution < -0.4 is 4.74 Å². The third kappa shape index (κ3) is 7.18. The molecule has 0 amide bonds. The summed E-state index contributed by atoms with van der Waals surface area (Å²) in [5.41, 5.74) is -2.50. The van der Waals surface area contributed by atoms with Gasteiger partial charge in [-0.3, -0.25) is 9.59 Å². The molecule has 1 aromatic rings. The molecule has 11 rings (SSSR count). The number of ether oxygens (including phenoxy) is 6. The molecule has 78 heavy (non-hydrogen) atoms. The zero-order valence-electron chi connectivity index (χ0n) is 47.5. The molecule has 434 valence electrons. The number of rotatable bonds is 10. The summed E-state index contributed by atoms with van der Waals surface area (Å²) in [6.45, 7) is 18.7. The number of aliphatic hydroxyl groups is 5. The minimum atomic E-state index is -2.00. The van der Waals surface area contributed by atoms with Crippen molar-refractivity contribution in [3.8, 4) is 5.75 Å². The van der Waals surface area contributed by atoms with Crippen LogP contribution in [0.5, 0.6) is 5.75 Å². The number of fused-ring (bicyclic) bond motifs is 16. The smallest absolute Gasteiger partial charge is 0.341 e. The first-order valence-electron chi connectivity index (χ1n) is 29.4. The Morgan fingerprint density at radius 1 is 0.705 bits per heavy atom. The van der Waals surface area contributed by atoms with Crippen LogP contribution in [0.1, 0.15) is 167 Å². The van der Waals surface area contributed by atoms with Crippen LogP contribution in [0.3, 0.4) is 0 Å². The molecule has 8 fully saturated rings. The standard InChI is InChI=1S/C61H88O17/c1-30-25-40-54(4,21-15-39-57(40,7)31(2)26-42(58(39,8)52(70)71)75-51-48(74-10)46(66)45(65)47(76-51)49(67)68)35-13-19-53(3)36(56(30,35)6)16-22-59(28-62)37(53)14-20-55(5)38(59)17-23-60(29-63)41(55)27-32-34(77-60)12-11-33-44(32)50(69)78-61(33,72)24-18-43(64)73-9/h11-12,30-31,35-42,45-48,51,62-63,65-66,72H,13-29H2,1-10H3,(H,67,68)(H,70,71)/t30-,31-,35-,36-,37-,38-,39-,40+,41+,42-,45+,46+,47+,48-,51-,53-,54+,55-,56+,57+,58-,59-,60-,61+/m1/s1. The number of carboxylic acid groups (broad SMARTS) is 2. The first-order chi connectivity index (χ1) is 36.6. The lowest BCUT2D eigenvalue weighted by atomic mass is 9.27. The quantitative estimate of drug-likeness (QED) is 0.0917. The highest BCUT2D eigenvalue weighted by Gasteiger charge is 2.77. The minimum Gasteiger partial charge on any atom is -0.484 e. The van der Waals surface area contributed by atoms with Gasteiger partial charge in [0.1, 0.15) is 29.7 Å². The largest absolute Gasteiger partial charge is 0.484 e. The zero-order chi connectivity index (χ0) is 56.5. The van der Waals surface area contributed by atoms with Gasteiger partial charge in [0, 0.05) is 42.6 Å². The maximum absolute atomic E-state index is 14.0. The van der Waals surface area contributed by atoms with E-state index in [-0.39, 0.29) is 94.2 Å². The summed E-state index contributed by atoms with van der Waals surface area (Å²) in [5.74, 6) is -4.07. The Bertz CT molecular complexity index is 2610. The van der Waals surface area contributed by atoms with Crippen molar-refractivity contribution >= 4 is 23.9 Å². The summed E-state index contributed by atoms with van der Waals surface area (Å²) < 4.78 is 35.4. The highest BCUT2D eigenvalue weighted by atomic mass is 16.7. The predicted octanol–water partition coefficient (Wildman–Crippen LogP) is 7.02. The van der Waals surface area contributed by atoms with Gasteiger partial charge in [0.2, 0.25) is 5.79 Å². The average molecular weight is 1090 g/mol. The van der Waals surface area contributed by atoms with Gasteiger partial charge >= 0.3 is 23.9 Å². The van der Waals surface area contributed by atoms with Gasteiger partial charge in [0.15, 0.2) is 12.4 Å². The maximum atomic E-state index is 14.0. The fourth-order valence-electron chi connectivity index (χ4n) is 22.4. The second-order valence-electron chi connectivity index (χ2n) is 28.4. The fraction of sp³-hybridized carbons (Fsp3) is 0.836. The minimum absolute atomic E-state index is 0.000783. The highest BCUT2D eigenvalue weighted by molar-refractivity contribution is 5.97. The normalized spacial score (nSPS) is 51.7. The lowest BCUT2D eigenvalue weighted by Gasteiger charge is -2.77. The molecule has 0 bridgehead atoms. The number of carboxylic acids is 2. The van der Waals surface area contributed by atoms with Crippen molar-refractivity contribution in [2.24, 2.45) is 91.2 Å². The number of hydrogen-bond donors (Lipinski definition) is 7. The third-order valence-electron chi connectivity index (χ3n) is 26.3. The Hall–Kier alpha value is -3.42. The number of methoxy groups -OCH3 is 2. The van der Waals surface area contributed by atoms with Crippen LogP contribution >= 0.6 is 0 Å². The van der Waals surface area contributed by atoms with Crippen molar-refractivity contribution in [3.63, 3.8) is 0 Å². The van der Waals surface area contributed by atoms with E-state index in [0.29, 0.717) is 60.3 Å². The molecule has 3 aliphatic heterocycles. The first kappa shape index (κ1) is 56.4. The van der Waals surface area contributed by atoms with E-state index < -0.39 is 82.9 Å². The Morgan fingerprint density at radius 3 is 1.88 bits per heavy atom. The summed E-state index contributed by atoms with van der Waals surface area (Å²) in [4.78, 5) is 52.1. The molecule has 1 saturated heterocycles. The monoisotopic (exact) mass is 1090 g/mol. The molecule has 0 unspecified atom stereocenters. The molecule has 7 aliphatic carbocycles. The van der Waals surface area contributed by atoms with Gasteiger partial charge in [-0.2, -0.15) is 0 Å². The Labute approximate surface area is 458 Å². The van der Waals surface area contributed by atoms with Gasteiger partial charge in [-0.15, -0.1) is 0 Å². The van der Waals surface area contributed by atoms with Crippen LogP contribution in [0.2, 0.25) is 0 Å². The summed E-state index contributed by atoms with van der Waals surface area (Å²) in [5, 5.41) is 78.3. The van der Waals surface area contributed by atoms with Gasteiger partial charge in [-0.05, 0) is 177 Å². The summed E-state index contributed by atoms with van der Waals surface area (Å²) >= 11 is 0. The number of hydrogen-bond acceptors (Lipinski definition) is 15. The fourth-order valence-corrected chi connectivity index (χ4v) is 22.4. The second-order valence-corrected chi connectivity index (χ2v) is 28.4. The average Bonchev–Trinajstić information content (AvgIpc) is 2.52. The van der Waals surface area contributed by atoms with Crippen molar-refractivity contribution in [2.45, 2.75) is 200 Å². The number of carbonyl (C=O) groups is 4. The molecule has 17 nitrogen and oxygen atoms in total. The van der Waals surface area contributed by atoms with E-state index in [0.717, 1.165) is 57.8 Å². The van der Waals surface area contributed by atoms with Crippen molar-refractivity contribution < 1.29 is 83.3 Å². The van der Waals surface area contributed by atoms with E-state index in [1.165, 1.54) is 14.2 Å². The molecule has 7 saturated carbocycles. The number of aliphatic hydroxyl groups excluding tert-OH is 4. The van der Waals surface area contributed by atoms with Crippen LogP contribution in [0.25, 0.3) is 0 Å². The van der Waals surface area contributed by atoms with E-state index >= 15 is 0 Å². The van der Waals surface area contributed by atoms with Gasteiger partial charge in [0.05, 0.1) is 37.2 Å².